The molecule has 1 amide bonds. The maximum absolute atomic E-state index is 13.6. The van der Waals surface area contributed by atoms with Crippen molar-refractivity contribution in [2.45, 2.75) is 12.6 Å². The topological polar surface area (TPSA) is 69.0 Å². The Balaban J connectivity index is 1.52. The largest absolute Gasteiger partial charge is 0.454 e. The van der Waals surface area contributed by atoms with Gasteiger partial charge in [0.25, 0.3) is 5.91 Å². The first-order chi connectivity index (χ1) is 16.0. The fourth-order valence-corrected chi connectivity index (χ4v) is 5.01. The Labute approximate surface area is 205 Å². The lowest BCUT2D eigenvalue weighted by Gasteiger charge is -2.25. The molecule has 6 nitrogen and oxygen atoms in total. The molecule has 0 saturated heterocycles. The maximum Gasteiger partial charge on any atom is 0.291 e. The molecule has 0 saturated carbocycles. The second-order valence-electron chi connectivity index (χ2n) is 7.89. The molecular weight excluding hydrogens is 554 g/mol. The number of benzene rings is 3. The molecule has 3 aromatic carbocycles. The summed E-state index contributed by atoms with van der Waals surface area (Å²) in [5, 5.41) is 0.433. The van der Waals surface area contributed by atoms with Crippen LogP contribution in [0.4, 0.5) is 0 Å². The van der Waals surface area contributed by atoms with Gasteiger partial charge in [0.15, 0.2) is 16.9 Å². The molecule has 1 aromatic heterocycles. The molecule has 2 aliphatic heterocycles. The van der Waals surface area contributed by atoms with Crippen molar-refractivity contribution in [3.63, 3.8) is 0 Å². The van der Waals surface area contributed by atoms with Gasteiger partial charge in [0, 0.05) is 15.5 Å². The minimum absolute atomic E-state index is 0.0866. The molecule has 4 aromatic rings. The van der Waals surface area contributed by atoms with Crippen molar-refractivity contribution in [2.24, 2.45) is 0 Å². The summed E-state index contributed by atoms with van der Waals surface area (Å²) in [4.78, 5) is 28.9. The fraction of sp³-hybridized carbons (Fsp3) is 0.120. The van der Waals surface area contributed by atoms with E-state index in [1.54, 1.807) is 23.1 Å². The van der Waals surface area contributed by atoms with Crippen molar-refractivity contribution in [1.82, 2.24) is 4.90 Å². The van der Waals surface area contributed by atoms with Gasteiger partial charge in [-0.3, -0.25) is 9.59 Å². The monoisotopic (exact) mass is 567 g/mol. The number of halogens is 2. The number of carbonyl (C=O) groups excluding carboxylic acids is 1. The Morgan fingerprint density at radius 1 is 0.879 bits per heavy atom. The lowest BCUT2D eigenvalue weighted by molar-refractivity contribution is 0.0714. The smallest absolute Gasteiger partial charge is 0.291 e. The highest BCUT2D eigenvalue weighted by Crippen LogP contribution is 2.40. The summed E-state index contributed by atoms with van der Waals surface area (Å²) in [6, 6.07) is 17.8. The van der Waals surface area contributed by atoms with E-state index in [2.05, 4.69) is 31.9 Å². The van der Waals surface area contributed by atoms with Gasteiger partial charge in [-0.25, -0.2) is 0 Å². The first-order valence-corrected chi connectivity index (χ1v) is 11.8. The zero-order chi connectivity index (χ0) is 22.7. The molecular formula is C25H15Br2NO5. The summed E-state index contributed by atoms with van der Waals surface area (Å²) in [6.07, 6.45) is 0. The minimum atomic E-state index is -0.578. The molecule has 0 radical (unpaired) electrons. The van der Waals surface area contributed by atoms with Crippen LogP contribution in [0, 0.1) is 0 Å². The second-order valence-corrected chi connectivity index (χ2v) is 9.72. The molecule has 2 aliphatic rings. The molecule has 164 valence electrons. The molecule has 33 heavy (non-hydrogen) atoms. The van der Waals surface area contributed by atoms with E-state index in [1.807, 2.05) is 42.5 Å². The van der Waals surface area contributed by atoms with Crippen LogP contribution in [-0.4, -0.2) is 17.6 Å². The number of rotatable bonds is 3. The van der Waals surface area contributed by atoms with E-state index in [1.165, 1.54) is 0 Å². The first-order valence-electron chi connectivity index (χ1n) is 10.2. The van der Waals surface area contributed by atoms with Gasteiger partial charge < -0.3 is 18.8 Å². The van der Waals surface area contributed by atoms with Gasteiger partial charge >= 0.3 is 0 Å². The lowest BCUT2D eigenvalue weighted by Crippen LogP contribution is -2.29. The summed E-state index contributed by atoms with van der Waals surface area (Å²) >= 11 is 6.88. The van der Waals surface area contributed by atoms with Gasteiger partial charge in [-0.1, -0.05) is 50.1 Å². The van der Waals surface area contributed by atoms with Crippen molar-refractivity contribution in [1.29, 1.82) is 0 Å². The van der Waals surface area contributed by atoms with Crippen LogP contribution in [0.15, 0.2) is 78.8 Å². The SMILES string of the molecule is O=C1c2oc3ccc(Br)cc3c(=O)c2C(c2ccc(Br)cc2)N1Cc1ccc2c(c1)OCO2. The molecule has 3 heterocycles. The van der Waals surface area contributed by atoms with Gasteiger partial charge in [-0.05, 0) is 53.6 Å². The van der Waals surface area contributed by atoms with Crippen molar-refractivity contribution in [3.05, 3.63) is 102 Å². The quantitative estimate of drug-likeness (QED) is 0.313. The number of carbonyl (C=O) groups is 1. The van der Waals surface area contributed by atoms with E-state index in [-0.39, 0.29) is 30.4 Å². The number of fused-ring (bicyclic) bond motifs is 3. The minimum Gasteiger partial charge on any atom is -0.454 e. The predicted molar refractivity (Wildman–Crippen MR) is 129 cm³/mol. The van der Waals surface area contributed by atoms with Crippen LogP contribution < -0.4 is 14.9 Å². The van der Waals surface area contributed by atoms with Crippen molar-refractivity contribution in [2.75, 3.05) is 6.79 Å². The van der Waals surface area contributed by atoms with E-state index in [9.17, 15) is 9.59 Å². The van der Waals surface area contributed by atoms with E-state index in [0.29, 0.717) is 28.0 Å². The summed E-state index contributed by atoms with van der Waals surface area (Å²) in [7, 11) is 0. The molecule has 0 fully saturated rings. The van der Waals surface area contributed by atoms with Crippen LogP contribution >= 0.6 is 31.9 Å². The summed E-state index contributed by atoms with van der Waals surface area (Å²) < 4.78 is 18.6. The zero-order valence-corrected chi connectivity index (χ0v) is 20.2. The fourth-order valence-electron chi connectivity index (χ4n) is 4.38. The van der Waals surface area contributed by atoms with Gasteiger partial charge in [0.1, 0.15) is 5.58 Å². The Kier molecular flexibility index (Phi) is 4.81. The van der Waals surface area contributed by atoms with Gasteiger partial charge in [-0.15, -0.1) is 0 Å². The number of hydrogen-bond acceptors (Lipinski definition) is 5. The molecule has 0 N–H and O–H groups in total. The highest BCUT2D eigenvalue weighted by atomic mass is 79.9. The number of amides is 1. The number of nitrogens with zero attached hydrogens (tertiary/aromatic N) is 1. The zero-order valence-electron chi connectivity index (χ0n) is 17.0. The molecule has 1 atom stereocenters. The first kappa shape index (κ1) is 20.5. The van der Waals surface area contributed by atoms with Crippen LogP contribution in [-0.2, 0) is 6.54 Å². The highest BCUT2D eigenvalue weighted by molar-refractivity contribution is 9.10. The molecule has 6 rings (SSSR count). The normalized spacial score (nSPS) is 16.5. The number of ether oxygens (including phenoxy) is 2. The summed E-state index contributed by atoms with van der Waals surface area (Å²) in [6.45, 7) is 0.453. The van der Waals surface area contributed by atoms with Gasteiger partial charge in [0.2, 0.25) is 12.6 Å². The van der Waals surface area contributed by atoms with Crippen LogP contribution in [0.3, 0.4) is 0 Å². The Hall–Kier alpha value is -3.10. The molecule has 0 bridgehead atoms. The van der Waals surface area contributed by atoms with E-state index < -0.39 is 6.04 Å². The van der Waals surface area contributed by atoms with Crippen LogP contribution in [0.2, 0.25) is 0 Å². The summed E-state index contributed by atoms with van der Waals surface area (Å²) in [5.41, 5.74) is 2.22. The average Bonchev–Trinajstić information content (AvgIpc) is 3.38. The Morgan fingerprint density at radius 2 is 1.64 bits per heavy atom. The third kappa shape index (κ3) is 3.36. The highest BCUT2D eigenvalue weighted by Gasteiger charge is 2.42. The Bertz CT molecular complexity index is 1500. The van der Waals surface area contributed by atoms with Gasteiger partial charge in [-0.2, -0.15) is 0 Å². The second kappa shape index (κ2) is 7.74. The van der Waals surface area contributed by atoms with Crippen LogP contribution in [0.1, 0.15) is 33.3 Å². The third-order valence-corrected chi connectivity index (χ3v) is 6.93. The van der Waals surface area contributed by atoms with E-state index in [0.717, 1.165) is 20.1 Å². The lowest BCUT2D eigenvalue weighted by atomic mass is 9.98. The standard InChI is InChI=1S/C25H15Br2NO5/c26-15-4-2-14(3-5-15)22-21-23(29)17-10-16(27)6-8-18(17)33-24(21)25(30)28(22)11-13-1-7-19-20(9-13)32-12-31-19/h1-10,22H,11-12H2. The van der Waals surface area contributed by atoms with Crippen molar-refractivity contribution >= 4 is 48.7 Å². The maximum atomic E-state index is 13.6. The third-order valence-electron chi connectivity index (χ3n) is 5.90. The number of hydrogen-bond donors (Lipinski definition) is 0. The van der Waals surface area contributed by atoms with Gasteiger partial charge in [0.05, 0.1) is 17.0 Å². The van der Waals surface area contributed by atoms with Crippen LogP contribution in [0.25, 0.3) is 11.0 Å². The van der Waals surface area contributed by atoms with E-state index in [4.69, 9.17) is 13.9 Å². The molecule has 0 aliphatic carbocycles. The average molecular weight is 569 g/mol. The van der Waals surface area contributed by atoms with E-state index >= 15 is 0 Å². The molecule has 1 unspecified atom stereocenters. The van der Waals surface area contributed by atoms with Crippen LogP contribution in [0.5, 0.6) is 11.5 Å². The predicted octanol–water partition coefficient (Wildman–Crippen LogP) is 5.79. The Morgan fingerprint density at radius 3 is 2.45 bits per heavy atom. The molecule has 0 spiro atoms. The van der Waals surface area contributed by atoms with Crippen molar-refractivity contribution in [3.8, 4) is 11.5 Å². The summed E-state index contributed by atoms with van der Waals surface area (Å²) in [5.74, 6) is 1.08. The van der Waals surface area contributed by atoms with Crippen molar-refractivity contribution < 1.29 is 18.7 Å². The molecule has 8 heteroatoms.